The molecule has 0 radical (unpaired) electrons. The molecule has 0 amide bonds. The molecule has 0 bridgehead atoms. The highest BCUT2D eigenvalue weighted by Gasteiger charge is 2.24. The van der Waals surface area contributed by atoms with Gasteiger partial charge in [0.2, 0.25) is 0 Å². The third-order valence-corrected chi connectivity index (χ3v) is 8.91. The van der Waals surface area contributed by atoms with Gasteiger partial charge in [-0.25, -0.2) is 0 Å². The lowest BCUT2D eigenvalue weighted by atomic mass is 10.0. The monoisotopic (exact) mass is 346 g/mol. The Kier molecular flexibility index (Phi) is 15.4. The van der Waals surface area contributed by atoms with Crippen molar-refractivity contribution in [1.29, 1.82) is 0 Å². The molecule has 22 heavy (non-hydrogen) atoms. The van der Waals surface area contributed by atoms with Crippen molar-refractivity contribution in [1.82, 2.24) is 0 Å². The minimum atomic E-state index is -1.39. The predicted octanol–water partition coefficient (Wildman–Crippen LogP) is 8.69. The lowest BCUT2D eigenvalue weighted by Crippen LogP contribution is -2.22. The molecular weight excluding hydrogens is 304 g/mol. The maximum Gasteiger partial charge on any atom is 0.153 e. The Labute approximate surface area is 147 Å². The van der Waals surface area contributed by atoms with Crippen LogP contribution in [0.3, 0.4) is 0 Å². The fourth-order valence-corrected chi connectivity index (χ4v) is 4.21. The van der Waals surface area contributed by atoms with Crippen molar-refractivity contribution in [3.8, 4) is 0 Å². The predicted molar refractivity (Wildman–Crippen MR) is 108 cm³/mol. The summed E-state index contributed by atoms with van der Waals surface area (Å²) in [6, 6.07) is 0. The molecule has 0 saturated carbocycles. The first-order chi connectivity index (χ1) is 10.5. The number of hydrogen-bond acceptors (Lipinski definition) is 0. The minimum absolute atomic E-state index is 0.770. The van der Waals surface area contributed by atoms with Gasteiger partial charge in [0.05, 0.1) is 0 Å². The quantitative estimate of drug-likeness (QED) is 0.149. The summed E-state index contributed by atoms with van der Waals surface area (Å²) >= 11 is 6.48. The van der Waals surface area contributed by atoms with Crippen LogP contribution in [0.2, 0.25) is 18.6 Å². The van der Waals surface area contributed by atoms with Crippen molar-refractivity contribution in [2.75, 3.05) is 0 Å². The summed E-state index contributed by atoms with van der Waals surface area (Å²) in [6.45, 7) is 9.20. The molecule has 0 rings (SSSR count). The van der Waals surface area contributed by atoms with E-state index in [0.29, 0.717) is 0 Å². The van der Waals surface area contributed by atoms with Crippen LogP contribution in [0, 0.1) is 0 Å². The van der Waals surface area contributed by atoms with Crippen LogP contribution in [-0.2, 0) is 0 Å². The molecule has 1 unspecified atom stereocenters. The molecule has 0 N–H and O–H groups in total. The second-order valence-electron chi connectivity index (χ2n) is 7.85. The van der Waals surface area contributed by atoms with Crippen molar-refractivity contribution in [3.63, 3.8) is 0 Å². The van der Waals surface area contributed by atoms with Gasteiger partial charge in [-0.2, -0.15) is 11.1 Å². The summed E-state index contributed by atoms with van der Waals surface area (Å²) in [7, 11) is -1.39. The normalized spacial score (nSPS) is 13.5. The van der Waals surface area contributed by atoms with Gasteiger partial charge in [0, 0.05) is 0 Å². The van der Waals surface area contributed by atoms with Crippen molar-refractivity contribution in [3.05, 3.63) is 0 Å². The molecule has 0 aliphatic rings. The standard InChI is InChI=1S/C20H43ClSi/c1-5-6-7-8-9-10-11-12-13-14-15-16-17-18-19-20(2)22(3,4)21/h20H,5-19H2,1-4H3. The van der Waals surface area contributed by atoms with Gasteiger partial charge >= 0.3 is 0 Å². The van der Waals surface area contributed by atoms with Crippen LogP contribution in [0.15, 0.2) is 0 Å². The van der Waals surface area contributed by atoms with E-state index in [1.165, 1.54) is 96.3 Å². The van der Waals surface area contributed by atoms with Crippen LogP contribution in [0.25, 0.3) is 0 Å². The summed E-state index contributed by atoms with van der Waals surface area (Å²) in [4.78, 5) is 0. The summed E-state index contributed by atoms with van der Waals surface area (Å²) in [5.41, 5.74) is 0.770. The second-order valence-corrected chi connectivity index (χ2v) is 14.9. The largest absolute Gasteiger partial charge is 0.167 e. The van der Waals surface area contributed by atoms with Crippen molar-refractivity contribution in [2.45, 2.75) is 129 Å². The Balaban J connectivity index is 3.12. The molecule has 0 aromatic carbocycles. The van der Waals surface area contributed by atoms with E-state index in [4.69, 9.17) is 11.1 Å². The van der Waals surface area contributed by atoms with Gasteiger partial charge in [-0.05, 0) is 5.54 Å². The molecule has 0 spiro atoms. The van der Waals surface area contributed by atoms with E-state index in [2.05, 4.69) is 26.9 Å². The Hall–Kier alpha value is 0.507. The second kappa shape index (κ2) is 15.1. The van der Waals surface area contributed by atoms with Gasteiger partial charge in [0.1, 0.15) is 0 Å². The average molecular weight is 347 g/mol. The molecule has 0 aliphatic carbocycles. The number of hydrogen-bond donors (Lipinski definition) is 0. The first kappa shape index (κ1) is 22.5. The van der Waals surface area contributed by atoms with Crippen LogP contribution in [0.5, 0.6) is 0 Å². The fourth-order valence-electron chi connectivity index (χ4n) is 2.99. The van der Waals surface area contributed by atoms with Crippen molar-refractivity contribution in [2.24, 2.45) is 0 Å². The third kappa shape index (κ3) is 15.4. The molecule has 0 heterocycles. The number of halogens is 1. The molecule has 0 fully saturated rings. The van der Waals surface area contributed by atoms with Crippen LogP contribution in [-0.4, -0.2) is 7.38 Å². The fraction of sp³-hybridized carbons (Fsp3) is 1.00. The first-order valence-electron chi connectivity index (χ1n) is 10.2. The van der Waals surface area contributed by atoms with Crippen molar-refractivity contribution < 1.29 is 0 Å². The Morgan fingerprint density at radius 2 is 0.955 bits per heavy atom. The zero-order valence-corrected chi connectivity index (χ0v) is 17.8. The van der Waals surface area contributed by atoms with Gasteiger partial charge in [0.25, 0.3) is 0 Å². The van der Waals surface area contributed by atoms with Crippen LogP contribution in [0.1, 0.15) is 110 Å². The number of unbranched alkanes of at least 4 members (excludes halogenated alkanes) is 13. The average Bonchev–Trinajstić information content (AvgIpc) is 2.46. The van der Waals surface area contributed by atoms with E-state index in [1.54, 1.807) is 0 Å². The molecule has 0 aromatic heterocycles. The molecular formula is C20H43ClSi. The summed E-state index contributed by atoms with van der Waals surface area (Å²) in [6.07, 6.45) is 21.6. The minimum Gasteiger partial charge on any atom is -0.167 e. The highest BCUT2D eigenvalue weighted by atomic mass is 35.6. The highest BCUT2D eigenvalue weighted by molar-refractivity contribution is 7.19. The Bertz CT molecular complexity index is 222. The van der Waals surface area contributed by atoms with Gasteiger partial charge in [-0.15, -0.1) is 0 Å². The van der Waals surface area contributed by atoms with Crippen LogP contribution < -0.4 is 0 Å². The van der Waals surface area contributed by atoms with E-state index in [1.807, 2.05) is 0 Å². The summed E-state index contributed by atoms with van der Waals surface area (Å²) in [5.74, 6) is 0. The zero-order chi connectivity index (χ0) is 16.7. The van der Waals surface area contributed by atoms with Crippen LogP contribution >= 0.6 is 11.1 Å². The molecule has 0 nitrogen and oxygen atoms in total. The lowest BCUT2D eigenvalue weighted by Gasteiger charge is -2.21. The van der Waals surface area contributed by atoms with E-state index in [9.17, 15) is 0 Å². The molecule has 0 aliphatic heterocycles. The zero-order valence-electron chi connectivity index (χ0n) is 16.1. The maximum absolute atomic E-state index is 6.48. The molecule has 1 atom stereocenters. The number of rotatable bonds is 16. The van der Waals surface area contributed by atoms with Gasteiger partial charge in [-0.1, -0.05) is 123 Å². The van der Waals surface area contributed by atoms with Crippen LogP contribution in [0.4, 0.5) is 0 Å². The highest BCUT2D eigenvalue weighted by Crippen LogP contribution is 2.30. The van der Waals surface area contributed by atoms with E-state index < -0.39 is 7.38 Å². The molecule has 134 valence electrons. The van der Waals surface area contributed by atoms with Gasteiger partial charge in [-0.3, -0.25) is 0 Å². The Morgan fingerprint density at radius 3 is 1.27 bits per heavy atom. The van der Waals surface area contributed by atoms with E-state index >= 15 is 0 Å². The molecule has 0 saturated heterocycles. The lowest BCUT2D eigenvalue weighted by molar-refractivity contribution is 0.531. The van der Waals surface area contributed by atoms with E-state index in [-0.39, 0.29) is 0 Å². The smallest absolute Gasteiger partial charge is 0.153 e. The molecule has 2 heteroatoms. The van der Waals surface area contributed by atoms with Gasteiger partial charge < -0.3 is 0 Å². The van der Waals surface area contributed by atoms with E-state index in [0.717, 1.165) is 5.54 Å². The summed E-state index contributed by atoms with van der Waals surface area (Å²) < 4.78 is 0. The first-order valence-corrected chi connectivity index (χ1v) is 14.3. The topological polar surface area (TPSA) is 0 Å². The van der Waals surface area contributed by atoms with Gasteiger partial charge in [0.15, 0.2) is 7.38 Å². The third-order valence-electron chi connectivity index (χ3n) is 5.16. The Morgan fingerprint density at radius 1 is 0.636 bits per heavy atom. The SMILES string of the molecule is CCCCCCCCCCCCCCCCC(C)[Si](C)(C)Cl. The summed E-state index contributed by atoms with van der Waals surface area (Å²) in [5, 5.41) is 0. The molecule has 0 aromatic rings. The maximum atomic E-state index is 6.48. The van der Waals surface area contributed by atoms with Crippen molar-refractivity contribution >= 4 is 18.5 Å².